The second-order valence-corrected chi connectivity index (χ2v) is 5.25. The maximum atomic E-state index is 13.6. The molecule has 1 aromatic carbocycles. The Balaban J connectivity index is 1.73. The lowest BCUT2D eigenvalue weighted by molar-refractivity contribution is 0.137. The van der Waals surface area contributed by atoms with Crippen LogP contribution in [0.5, 0.6) is 0 Å². The Morgan fingerprint density at radius 2 is 2.12 bits per heavy atom. The summed E-state index contributed by atoms with van der Waals surface area (Å²) in [6.45, 7) is 1.18. The first-order chi connectivity index (χ1) is 7.83. The topological polar surface area (TPSA) is 12.0 Å². The van der Waals surface area contributed by atoms with E-state index in [1.165, 1.54) is 25.8 Å². The Bertz CT molecular complexity index is 369. The van der Waals surface area contributed by atoms with E-state index in [0.717, 1.165) is 17.9 Å². The number of fused-ring (bicyclic) bond motifs is 3. The molecule has 0 radical (unpaired) electrons. The second-order valence-electron chi connectivity index (χ2n) is 5.25. The number of halogens is 1. The van der Waals surface area contributed by atoms with E-state index in [-0.39, 0.29) is 5.82 Å². The van der Waals surface area contributed by atoms with Crippen LogP contribution in [0, 0.1) is 17.7 Å². The van der Waals surface area contributed by atoms with Crippen molar-refractivity contribution in [1.82, 2.24) is 5.32 Å². The summed E-state index contributed by atoms with van der Waals surface area (Å²) in [5.74, 6) is 1.44. The van der Waals surface area contributed by atoms with Gasteiger partial charge in [-0.1, -0.05) is 18.2 Å². The summed E-state index contributed by atoms with van der Waals surface area (Å²) in [5.41, 5.74) is 0.891. The normalized spacial score (nSPS) is 32.9. The van der Waals surface area contributed by atoms with Crippen molar-refractivity contribution in [2.45, 2.75) is 31.7 Å². The fourth-order valence-corrected chi connectivity index (χ4v) is 3.31. The second kappa shape index (κ2) is 4.17. The fraction of sp³-hybridized carbons (Fsp3) is 0.571. The van der Waals surface area contributed by atoms with Crippen LogP contribution < -0.4 is 5.32 Å². The predicted octanol–water partition coefficient (Wildman–Crippen LogP) is 2.76. The maximum absolute atomic E-state index is 13.6. The van der Waals surface area contributed by atoms with Gasteiger partial charge < -0.3 is 5.32 Å². The van der Waals surface area contributed by atoms with Crippen LogP contribution in [0.25, 0.3) is 0 Å². The molecule has 1 saturated carbocycles. The lowest BCUT2D eigenvalue weighted by atomic mass is 9.72. The third-order valence-electron chi connectivity index (χ3n) is 4.20. The largest absolute Gasteiger partial charge is 0.313 e. The molecule has 0 amide bonds. The summed E-state index contributed by atoms with van der Waals surface area (Å²) in [7, 11) is 0. The molecule has 0 aromatic heterocycles. The zero-order valence-electron chi connectivity index (χ0n) is 9.45. The van der Waals surface area contributed by atoms with Gasteiger partial charge in [-0.2, -0.15) is 0 Å². The maximum Gasteiger partial charge on any atom is 0.126 e. The minimum absolute atomic E-state index is 0.0380. The Labute approximate surface area is 96.1 Å². The number of nitrogens with one attached hydrogen (secondary N) is 1. The zero-order valence-corrected chi connectivity index (χ0v) is 9.45. The summed E-state index contributed by atoms with van der Waals surface area (Å²) in [5, 5.41) is 3.59. The van der Waals surface area contributed by atoms with E-state index in [9.17, 15) is 4.39 Å². The Hall–Kier alpha value is -0.890. The first kappa shape index (κ1) is 10.3. The molecule has 3 aliphatic rings. The lowest BCUT2D eigenvalue weighted by Gasteiger charge is -2.43. The lowest BCUT2D eigenvalue weighted by Crippen LogP contribution is -2.50. The first-order valence-electron chi connectivity index (χ1n) is 6.29. The van der Waals surface area contributed by atoms with Gasteiger partial charge in [0.25, 0.3) is 0 Å². The SMILES string of the molecule is Fc1ccccc1C[C@H]1C[C@@H]2CC[C@H]1NC2. The molecule has 2 aliphatic heterocycles. The average Bonchev–Trinajstić information content (AvgIpc) is 2.34. The molecule has 4 rings (SSSR count). The molecule has 0 unspecified atom stereocenters. The van der Waals surface area contributed by atoms with E-state index in [4.69, 9.17) is 0 Å². The van der Waals surface area contributed by atoms with Gasteiger partial charge in [0.15, 0.2) is 0 Å². The van der Waals surface area contributed by atoms with Crippen molar-refractivity contribution in [1.29, 1.82) is 0 Å². The van der Waals surface area contributed by atoms with Crippen LogP contribution in [0.3, 0.4) is 0 Å². The molecule has 2 heteroatoms. The van der Waals surface area contributed by atoms with E-state index in [1.807, 2.05) is 12.1 Å². The van der Waals surface area contributed by atoms with E-state index in [0.29, 0.717) is 12.0 Å². The molecule has 2 bridgehead atoms. The highest BCUT2D eigenvalue weighted by molar-refractivity contribution is 5.18. The Kier molecular flexibility index (Phi) is 2.68. The molecule has 2 heterocycles. The highest BCUT2D eigenvalue weighted by Crippen LogP contribution is 2.35. The van der Waals surface area contributed by atoms with Crippen LogP contribution >= 0.6 is 0 Å². The van der Waals surface area contributed by atoms with Crippen LogP contribution in [0.2, 0.25) is 0 Å². The monoisotopic (exact) mass is 219 g/mol. The van der Waals surface area contributed by atoms with E-state index < -0.39 is 0 Å². The number of benzene rings is 1. The molecule has 1 nitrogen and oxygen atoms in total. The highest BCUT2D eigenvalue weighted by Gasteiger charge is 2.35. The summed E-state index contributed by atoms with van der Waals surface area (Å²) < 4.78 is 13.6. The molecule has 3 atom stereocenters. The highest BCUT2D eigenvalue weighted by atomic mass is 19.1. The summed E-state index contributed by atoms with van der Waals surface area (Å²) in [6.07, 6.45) is 4.84. The average molecular weight is 219 g/mol. The van der Waals surface area contributed by atoms with Crippen LogP contribution in [-0.2, 0) is 6.42 Å². The van der Waals surface area contributed by atoms with Gasteiger partial charge in [0, 0.05) is 6.04 Å². The van der Waals surface area contributed by atoms with Crippen molar-refractivity contribution in [2.75, 3.05) is 6.54 Å². The smallest absolute Gasteiger partial charge is 0.126 e. The van der Waals surface area contributed by atoms with Crippen molar-refractivity contribution in [3.8, 4) is 0 Å². The summed E-state index contributed by atoms with van der Waals surface area (Å²) in [4.78, 5) is 0. The minimum atomic E-state index is -0.0380. The van der Waals surface area contributed by atoms with Gasteiger partial charge in [0.05, 0.1) is 0 Å². The molecule has 16 heavy (non-hydrogen) atoms. The van der Waals surface area contributed by atoms with Crippen molar-refractivity contribution in [3.05, 3.63) is 35.6 Å². The van der Waals surface area contributed by atoms with Crippen molar-refractivity contribution in [2.24, 2.45) is 11.8 Å². The number of hydrogen-bond acceptors (Lipinski definition) is 1. The molecule has 1 aliphatic carbocycles. The molecule has 0 spiro atoms. The number of hydrogen-bond donors (Lipinski definition) is 1. The van der Waals surface area contributed by atoms with Crippen LogP contribution in [0.1, 0.15) is 24.8 Å². The summed E-state index contributed by atoms with van der Waals surface area (Å²) >= 11 is 0. The third kappa shape index (κ3) is 1.86. The zero-order chi connectivity index (χ0) is 11.0. The van der Waals surface area contributed by atoms with E-state index >= 15 is 0 Å². The van der Waals surface area contributed by atoms with Crippen LogP contribution in [-0.4, -0.2) is 12.6 Å². The molecule has 86 valence electrons. The van der Waals surface area contributed by atoms with Gasteiger partial charge in [-0.05, 0) is 55.7 Å². The summed E-state index contributed by atoms with van der Waals surface area (Å²) in [6, 6.07) is 7.84. The van der Waals surface area contributed by atoms with Gasteiger partial charge >= 0.3 is 0 Å². The van der Waals surface area contributed by atoms with Crippen LogP contribution in [0.4, 0.5) is 4.39 Å². The number of piperidine rings is 2. The number of rotatable bonds is 2. The van der Waals surface area contributed by atoms with Gasteiger partial charge in [-0.3, -0.25) is 0 Å². The first-order valence-corrected chi connectivity index (χ1v) is 6.29. The fourth-order valence-electron chi connectivity index (χ4n) is 3.31. The predicted molar refractivity (Wildman–Crippen MR) is 62.7 cm³/mol. The quantitative estimate of drug-likeness (QED) is 0.806. The molecule has 2 saturated heterocycles. The Morgan fingerprint density at radius 3 is 2.75 bits per heavy atom. The molecule has 3 fully saturated rings. The van der Waals surface area contributed by atoms with E-state index in [1.54, 1.807) is 12.1 Å². The van der Waals surface area contributed by atoms with Gasteiger partial charge in [0.1, 0.15) is 5.82 Å². The van der Waals surface area contributed by atoms with Crippen molar-refractivity contribution in [3.63, 3.8) is 0 Å². The third-order valence-corrected chi connectivity index (χ3v) is 4.20. The van der Waals surface area contributed by atoms with Gasteiger partial charge in [0.2, 0.25) is 0 Å². The van der Waals surface area contributed by atoms with Crippen LogP contribution in [0.15, 0.2) is 24.3 Å². The van der Waals surface area contributed by atoms with Crippen molar-refractivity contribution >= 4 is 0 Å². The Morgan fingerprint density at radius 1 is 1.25 bits per heavy atom. The van der Waals surface area contributed by atoms with E-state index in [2.05, 4.69) is 5.32 Å². The molecule has 1 N–H and O–H groups in total. The van der Waals surface area contributed by atoms with Gasteiger partial charge in [-0.15, -0.1) is 0 Å². The molecular weight excluding hydrogens is 201 g/mol. The van der Waals surface area contributed by atoms with Gasteiger partial charge in [-0.25, -0.2) is 4.39 Å². The minimum Gasteiger partial charge on any atom is -0.313 e. The standard InChI is InChI=1S/C14H18FN/c15-13-4-2-1-3-11(13)8-12-7-10-5-6-14(12)16-9-10/h1-4,10,12,14,16H,5-9H2/t10-,12+,14+/m0/s1. The molecular formula is C14H18FN. The van der Waals surface area contributed by atoms with Crippen molar-refractivity contribution < 1.29 is 4.39 Å². The molecule has 1 aromatic rings.